The first-order valence-electron chi connectivity index (χ1n) is 6.53. The van der Waals surface area contributed by atoms with Gasteiger partial charge in [-0.1, -0.05) is 6.92 Å². The van der Waals surface area contributed by atoms with Gasteiger partial charge in [0.05, 0.1) is 12.6 Å². The average Bonchev–Trinajstić information content (AvgIpc) is 2.65. The van der Waals surface area contributed by atoms with E-state index in [0.29, 0.717) is 12.6 Å². The van der Waals surface area contributed by atoms with Crippen molar-refractivity contribution < 1.29 is 9.21 Å². The Morgan fingerprint density at radius 2 is 2.06 bits per heavy atom. The van der Waals surface area contributed by atoms with Crippen LogP contribution in [0.15, 0.2) is 10.5 Å². The average molecular weight is 252 g/mol. The second-order valence-electron chi connectivity index (χ2n) is 4.85. The van der Waals surface area contributed by atoms with Crippen LogP contribution in [-0.4, -0.2) is 18.5 Å². The minimum absolute atomic E-state index is 0.0149. The minimum atomic E-state index is -0.0197. The van der Waals surface area contributed by atoms with Gasteiger partial charge >= 0.3 is 0 Å². The highest BCUT2D eigenvalue weighted by atomic mass is 16.3. The fourth-order valence-corrected chi connectivity index (χ4v) is 1.86. The zero-order valence-electron chi connectivity index (χ0n) is 12.0. The van der Waals surface area contributed by atoms with Crippen molar-refractivity contribution in [3.05, 3.63) is 23.2 Å². The minimum Gasteiger partial charge on any atom is -0.466 e. The molecule has 0 saturated heterocycles. The Morgan fingerprint density at radius 3 is 2.56 bits per heavy atom. The predicted octanol–water partition coefficient (Wildman–Crippen LogP) is 2.46. The number of carbonyl (C=O) groups is 1. The van der Waals surface area contributed by atoms with E-state index in [9.17, 15) is 4.79 Å². The smallest absolute Gasteiger partial charge is 0.234 e. The first-order valence-corrected chi connectivity index (χ1v) is 6.53. The SMILES string of the molecule is CCC(C)NCC(=O)NC(C)c1cc(C)oc1C. The number of nitrogens with one attached hydrogen (secondary N) is 2. The molecule has 102 valence electrons. The third-order valence-electron chi connectivity index (χ3n) is 3.15. The molecule has 1 rings (SSSR count). The van der Waals surface area contributed by atoms with Gasteiger partial charge in [0.2, 0.25) is 5.91 Å². The van der Waals surface area contributed by atoms with E-state index >= 15 is 0 Å². The van der Waals surface area contributed by atoms with Crippen molar-refractivity contribution in [2.24, 2.45) is 0 Å². The third-order valence-corrected chi connectivity index (χ3v) is 3.15. The van der Waals surface area contributed by atoms with Crippen molar-refractivity contribution in [1.82, 2.24) is 10.6 Å². The summed E-state index contributed by atoms with van der Waals surface area (Å²) in [7, 11) is 0. The van der Waals surface area contributed by atoms with Crippen LogP contribution in [0.25, 0.3) is 0 Å². The molecule has 2 N–H and O–H groups in total. The summed E-state index contributed by atoms with van der Waals surface area (Å²) in [4.78, 5) is 11.8. The molecule has 4 heteroatoms. The van der Waals surface area contributed by atoms with E-state index in [4.69, 9.17) is 4.42 Å². The summed E-state index contributed by atoms with van der Waals surface area (Å²) >= 11 is 0. The summed E-state index contributed by atoms with van der Waals surface area (Å²) in [6.07, 6.45) is 1.02. The first-order chi connectivity index (χ1) is 8.43. The Morgan fingerprint density at radius 1 is 1.39 bits per heavy atom. The Balaban J connectivity index is 2.47. The lowest BCUT2D eigenvalue weighted by molar-refractivity contribution is -0.121. The molecule has 1 amide bonds. The van der Waals surface area contributed by atoms with Gasteiger partial charge in [0.25, 0.3) is 0 Å². The van der Waals surface area contributed by atoms with E-state index in [0.717, 1.165) is 23.5 Å². The molecule has 2 unspecified atom stereocenters. The summed E-state index contributed by atoms with van der Waals surface area (Å²) in [6, 6.07) is 2.32. The molecule has 1 aromatic heterocycles. The Bertz CT molecular complexity index is 398. The number of hydrogen-bond donors (Lipinski definition) is 2. The van der Waals surface area contributed by atoms with Crippen LogP contribution in [0.1, 0.15) is 50.3 Å². The standard InChI is InChI=1S/C14H24N2O2/c1-6-9(2)15-8-14(17)16-11(4)13-7-10(3)18-12(13)5/h7,9,11,15H,6,8H2,1-5H3,(H,16,17). The lowest BCUT2D eigenvalue weighted by atomic mass is 10.1. The summed E-state index contributed by atoms with van der Waals surface area (Å²) in [5, 5.41) is 6.14. The maximum absolute atomic E-state index is 11.8. The van der Waals surface area contributed by atoms with E-state index in [1.807, 2.05) is 26.8 Å². The van der Waals surface area contributed by atoms with Crippen molar-refractivity contribution in [3.8, 4) is 0 Å². The monoisotopic (exact) mass is 252 g/mol. The molecule has 0 aliphatic carbocycles. The lowest BCUT2D eigenvalue weighted by Gasteiger charge is -2.15. The van der Waals surface area contributed by atoms with Crippen LogP contribution in [0.3, 0.4) is 0 Å². The molecule has 4 nitrogen and oxygen atoms in total. The summed E-state index contributed by atoms with van der Waals surface area (Å²) < 4.78 is 5.47. The number of hydrogen-bond acceptors (Lipinski definition) is 3. The van der Waals surface area contributed by atoms with Gasteiger partial charge in [0.1, 0.15) is 11.5 Å². The van der Waals surface area contributed by atoms with Crippen LogP contribution >= 0.6 is 0 Å². The van der Waals surface area contributed by atoms with E-state index in [-0.39, 0.29) is 11.9 Å². The van der Waals surface area contributed by atoms with Gasteiger partial charge in [0, 0.05) is 11.6 Å². The van der Waals surface area contributed by atoms with Gasteiger partial charge in [-0.25, -0.2) is 0 Å². The topological polar surface area (TPSA) is 54.3 Å². The molecule has 1 heterocycles. The highest BCUT2D eigenvalue weighted by Crippen LogP contribution is 2.20. The zero-order valence-corrected chi connectivity index (χ0v) is 12.0. The molecular weight excluding hydrogens is 228 g/mol. The molecule has 1 aromatic rings. The highest BCUT2D eigenvalue weighted by molar-refractivity contribution is 5.78. The molecule has 18 heavy (non-hydrogen) atoms. The van der Waals surface area contributed by atoms with Crippen LogP contribution in [0, 0.1) is 13.8 Å². The van der Waals surface area contributed by atoms with Gasteiger partial charge in [-0.05, 0) is 40.2 Å². The van der Waals surface area contributed by atoms with Crippen molar-refractivity contribution in [2.45, 2.75) is 53.1 Å². The first kappa shape index (κ1) is 14.8. The number of aryl methyl sites for hydroxylation is 2. The van der Waals surface area contributed by atoms with Gasteiger partial charge in [-0.3, -0.25) is 4.79 Å². The van der Waals surface area contributed by atoms with E-state index < -0.39 is 0 Å². The normalized spacial score (nSPS) is 14.3. The van der Waals surface area contributed by atoms with Gasteiger partial charge < -0.3 is 15.1 Å². The fourth-order valence-electron chi connectivity index (χ4n) is 1.86. The summed E-state index contributed by atoms with van der Waals surface area (Å²) in [6.45, 7) is 10.3. The van der Waals surface area contributed by atoms with Gasteiger partial charge in [-0.2, -0.15) is 0 Å². The number of carbonyl (C=O) groups excluding carboxylic acids is 1. The van der Waals surface area contributed by atoms with Crippen LogP contribution < -0.4 is 10.6 Å². The maximum Gasteiger partial charge on any atom is 0.234 e. The van der Waals surface area contributed by atoms with Crippen molar-refractivity contribution in [1.29, 1.82) is 0 Å². The van der Waals surface area contributed by atoms with Crippen LogP contribution in [0.2, 0.25) is 0 Å². The molecule has 0 spiro atoms. The second-order valence-corrected chi connectivity index (χ2v) is 4.85. The Kier molecular flexibility index (Phi) is 5.41. The molecule has 0 fully saturated rings. The quantitative estimate of drug-likeness (QED) is 0.817. The van der Waals surface area contributed by atoms with E-state index in [1.165, 1.54) is 0 Å². The van der Waals surface area contributed by atoms with E-state index in [2.05, 4.69) is 24.5 Å². The molecule has 0 aliphatic heterocycles. The second kappa shape index (κ2) is 6.59. The molecule has 0 radical (unpaired) electrons. The van der Waals surface area contributed by atoms with Crippen LogP contribution in [0.5, 0.6) is 0 Å². The molecule has 0 aromatic carbocycles. The molecule has 0 saturated carbocycles. The molecular formula is C14H24N2O2. The Labute approximate surface area is 109 Å². The van der Waals surface area contributed by atoms with Crippen LogP contribution in [-0.2, 0) is 4.79 Å². The number of rotatable bonds is 6. The predicted molar refractivity (Wildman–Crippen MR) is 72.5 cm³/mol. The van der Waals surface area contributed by atoms with Crippen molar-refractivity contribution >= 4 is 5.91 Å². The zero-order chi connectivity index (χ0) is 13.7. The summed E-state index contributed by atoms with van der Waals surface area (Å²) in [5.74, 6) is 1.76. The third kappa shape index (κ3) is 4.18. The van der Waals surface area contributed by atoms with Crippen LogP contribution in [0.4, 0.5) is 0 Å². The van der Waals surface area contributed by atoms with E-state index in [1.54, 1.807) is 0 Å². The van der Waals surface area contributed by atoms with Gasteiger partial charge in [-0.15, -0.1) is 0 Å². The molecule has 0 aliphatic rings. The fraction of sp³-hybridized carbons (Fsp3) is 0.643. The molecule has 2 atom stereocenters. The summed E-state index contributed by atoms with van der Waals surface area (Å²) in [5.41, 5.74) is 1.05. The number of amides is 1. The lowest BCUT2D eigenvalue weighted by Crippen LogP contribution is -2.38. The van der Waals surface area contributed by atoms with Crippen molar-refractivity contribution in [2.75, 3.05) is 6.54 Å². The van der Waals surface area contributed by atoms with Crippen molar-refractivity contribution in [3.63, 3.8) is 0 Å². The molecule has 0 bridgehead atoms. The Hall–Kier alpha value is -1.29. The highest BCUT2D eigenvalue weighted by Gasteiger charge is 2.15. The van der Waals surface area contributed by atoms with Gasteiger partial charge in [0.15, 0.2) is 0 Å². The maximum atomic E-state index is 11.8. The number of furan rings is 1. The largest absolute Gasteiger partial charge is 0.466 e.